The highest BCUT2D eigenvalue weighted by molar-refractivity contribution is 6.04. The minimum Gasteiger partial charge on any atom is -0.0622 e. The van der Waals surface area contributed by atoms with E-state index in [2.05, 4.69) is 206 Å². The number of benzene rings is 7. The fraction of sp³-hybridized carbons (Fsp3) is 0. The lowest BCUT2D eigenvalue weighted by molar-refractivity contribution is 1.50. The van der Waals surface area contributed by atoms with E-state index < -0.39 is 0 Å². The Morgan fingerprint density at radius 2 is 0.543 bits per heavy atom. The van der Waals surface area contributed by atoms with Gasteiger partial charge in [-0.2, -0.15) is 0 Å². The van der Waals surface area contributed by atoms with E-state index in [1.807, 2.05) is 0 Å². The molecule has 0 aliphatic rings. The molecule has 218 valence electrons. The van der Waals surface area contributed by atoms with Gasteiger partial charge in [-0.15, -0.1) is 0 Å². The van der Waals surface area contributed by atoms with Gasteiger partial charge >= 0.3 is 0 Å². The Kier molecular flexibility index (Phi) is 8.61. The first-order chi connectivity index (χ1) is 22.8. The third-order valence-corrected chi connectivity index (χ3v) is 8.34. The molecule has 0 unspecified atom stereocenters. The van der Waals surface area contributed by atoms with Crippen LogP contribution in [0.15, 0.2) is 200 Å². The predicted molar refractivity (Wildman–Crippen MR) is 196 cm³/mol. The van der Waals surface area contributed by atoms with Gasteiger partial charge in [-0.3, -0.25) is 0 Å². The molecule has 0 heteroatoms. The maximum Gasteiger partial charge on any atom is -0.00268 e. The fourth-order valence-electron chi connectivity index (χ4n) is 6.06. The Morgan fingerprint density at radius 1 is 0.261 bits per heavy atom. The van der Waals surface area contributed by atoms with Gasteiger partial charge in [0.05, 0.1) is 0 Å². The topological polar surface area (TPSA) is 0 Å². The fourth-order valence-corrected chi connectivity index (χ4v) is 6.06. The van der Waals surface area contributed by atoms with Crippen LogP contribution < -0.4 is 0 Å². The molecular weight excluding hydrogens is 553 g/mol. The summed E-state index contributed by atoms with van der Waals surface area (Å²) in [7, 11) is 0. The zero-order valence-electron chi connectivity index (χ0n) is 25.6. The van der Waals surface area contributed by atoms with Crippen molar-refractivity contribution in [2.24, 2.45) is 0 Å². The van der Waals surface area contributed by atoms with E-state index in [1.54, 1.807) is 0 Å². The van der Waals surface area contributed by atoms with Gasteiger partial charge in [-0.25, -0.2) is 0 Å². The van der Waals surface area contributed by atoms with Crippen LogP contribution in [0.3, 0.4) is 0 Å². The lowest BCUT2D eigenvalue weighted by atomic mass is 9.85. The largest absolute Gasteiger partial charge is 0.0622 e. The van der Waals surface area contributed by atoms with Crippen LogP contribution in [0.2, 0.25) is 0 Å². The summed E-state index contributed by atoms with van der Waals surface area (Å²) in [5, 5.41) is 0. The molecule has 0 saturated carbocycles. The van der Waals surface area contributed by atoms with Gasteiger partial charge < -0.3 is 0 Å². The Hall–Kier alpha value is -5.98. The first-order valence-electron chi connectivity index (χ1n) is 15.8. The molecular formula is C46H34. The van der Waals surface area contributed by atoms with Gasteiger partial charge in [0.2, 0.25) is 0 Å². The Balaban J connectivity index is 1.27. The van der Waals surface area contributed by atoms with E-state index in [9.17, 15) is 0 Å². The first-order valence-corrected chi connectivity index (χ1v) is 15.8. The van der Waals surface area contributed by atoms with Gasteiger partial charge in [-0.1, -0.05) is 200 Å². The van der Waals surface area contributed by atoms with Crippen LogP contribution in [0.5, 0.6) is 0 Å². The van der Waals surface area contributed by atoms with E-state index in [0.717, 1.165) is 0 Å². The minimum atomic E-state index is 1.17. The molecule has 0 saturated heterocycles. The number of hydrogen-bond donors (Lipinski definition) is 0. The zero-order valence-corrected chi connectivity index (χ0v) is 25.6. The van der Waals surface area contributed by atoms with Crippen molar-refractivity contribution in [3.05, 3.63) is 239 Å². The Bertz CT molecular complexity index is 1970. The quantitative estimate of drug-likeness (QED) is 0.155. The molecule has 0 radical (unpaired) electrons. The lowest BCUT2D eigenvalue weighted by Gasteiger charge is -2.18. The van der Waals surface area contributed by atoms with Gasteiger partial charge in [0.1, 0.15) is 0 Å². The standard InChI is InChI=1S/C46H34/c1-6-16-38(17-7-1)44(39-18-8-2-9-19-39)34-35-26-28-36(29-27-35)37-30-32-43(33-31-37)46(42-24-14-5-15-25-42)45(40-20-10-3-11-21-40)41-22-12-4-13-23-41/h1-34H. The van der Waals surface area contributed by atoms with E-state index >= 15 is 0 Å². The molecule has 0 aliphatic carbocycles. The highest BCUT2D eigenvalue weighted by atomic mass is 14.2. The van der Waals surface area contributed by atoms with Crippen LogP contribution in [0.4, 0.5) is 0 Å². The molecule has 46 heavy (non-hydrogen) atoms. The number of rotatable bonds is 8. The summed E-state index contributed by atoms with van der Waals surface area (Å²) in [6.45, 7) is 0. The van der Waals surface area contributed by atoms with Crippen LogP contribution in [0, 0.1) is 0 Å². The van der Waals surface area contributed by atoms with E-state index in [0.29, 0.717) is 0 Å². The lowest BCUT2D eigenvalue weighted by Crippen LogP contribution is -1.97. The number of hydrogen-bond acceptors (Lipinski definition) is 0. The monoisotopic (exact) mass is 586 g/mol. The highest BCUT2D eigenvalue weighted by Gasteiger charge is 2.16. The van der Waals surface area contributed by atoms with E-state index in [1.165, 1.54) is 66.8 Å². The van der Waals surface area contributed by atoms with Crippen molar-refractivity contribution in [1.82, 2.24) is 0 Å². The summed E-state index contributed by atoms with van der Waals surface area (Å²) in [4.78, 5) is 0. The molecule has 0 heterocycles. The Labute approximate surface area is 272 Å². The van der Waals surface area contributed by atoms with Crippen molar-refractivity contribution in [2.45, 2.75) is 0 Å². The normalized spacial score (nSPS) is 10.6. The molecule has 7 rings (SSSR count). The third kappa shape index (κ3) is 6.43. The van der Waals surface area contributed by atoms with Crippen LogP contribution in [0.1, 0.15) is 38.9 Å². The summed E-state index contributed by atoms with van der Waals surface area (Å²) in [5.41, 5.74) is 14.4. The molecule has 0 atom stereocenters. The molecule has 0 spiro atoms. The van der Waals surface area contributed by atoms with Crippen molar-refractivity contribution >= 4 is 22.8 Å². The van der Waals surface area contributed by atoms with Gasteiger partial charge in [-0.05, 0) is 72.9 Å². The molecule has 0 bridgehead atoms. The van der Waals surface area contributed by atoms with Gasteiger partial charge in [0, 0.05) is 0 Å². The predicted octanol–water partition coefficient (Wildman–Crippen LogP) is 11.9. The molecule has 0 nitrogen and oxygen atoms in total. The van der Waals surface area contributed by atoms with Crippen LogP contribution in [-0.2, 0) is 0 Å². The van der Waals surface area contributed by atoms with Crippen molar-refractivity contribution in [1.29, 1.82) is 0 Å². The molecule has 7 aromatic rings. The van der Waals surface area contributed by atoms with Crippen molar-refractivity contribution < 1.29 is 0 Å². The zero-order chi connectivity index (χ0) is 31.0. The van der Waals surface area contributed by atoms with Crippen molar-refractivity contribution in [3.63, 3.8) is 0 Å². The second-order valence-electron chi connectivity index (χ2n) is 11.3. The Morgan fingerprint density at radius 3 is 0.891 bits per heavy atom. The molecule has 7 aromatic carbocycles. The first kappa shape index (κ1) is 28.8. The van der Waals surface area contributed by atoms with E-state index in [-0.39, 0.29) is 0 Å². The summed E-state index contributed by atoms with van der Waals surface area (Å²) < 4.78 is 0. The molecule has 0 aliphatic heterocycles. The SMILES string of the molecule is C(=C(c1ccccc1)c1ccccc1)c1ccc(-c2ccc(C(=C(c3ccccc3)c3ccccc3)c3ccccc3)cc2)cc1. The van der Waals surface area contributed by atoms with E-state index in [4.69, 9.17) is 0 Å². The summed E-state index contributed by atoms with van der Waals surface area (Å²) in [6, 6.07) is 71.3. The minimum absolute atomic E-state index is 1.17. The van der Waals surface area contributed by atoms with Crippen LogP contribution >= 0.6 is 0 Å². The summed E-state index contributed by atoms with van der Waals surface area (Å²) >= 11 is 0. The average molecular weight is 587 g/mol. The van der Waals surface area contributed by atoms with Crippen molar-refractivity contribution in [2.75, 3.05) is 0 Å². The van der Waals surface area contributed by atoms with Crippen LogP contribution in [0.25, 0.3) is 33.9 Å². The molecule has 0 N–H and O–H groups in total. The van der Waals surface area contributed by atoms with Crippen LogP contribution in [-0.4, -0.2) is 0 Å². The van der Waals surface area contributed by atoms with Gasteiger partial charge in [0.25, 0.3) is 0 Å². The highest BCUT2D eigenvalue weighted by Crippen LogP contribution is 2.37. The van der Waals surface area contributed by atoms with Crippen molar-refractivity contribution in [3.8, 4) is 11.1 Å². The van der Waals surface area contributed by atoms with Gasteiger partial charge in [0.15, 0.2) is 0 Å². The third-order valence-electron chi connectivity index (χ3n) is 8.34. The molecule has 0 fully saturated rings. The summed E-state index contributed by atoms with van der Waals surface area (Å²) in [5.74, 6) is 0. The second-order valence-corrected chi connectivity index (χ2v) is 11.3. The maximum atomic E-state index is 2.28. The molecule has 0 aromatic heterocycles. The molecule has 0 amide bonds. The maximum absolute atomic E-state index is 2.28. The average Bonchev–Trinajstić information content (AvgIpc) is 3.15. The summed E-state index contributed by atoms with van der Waals surface area (Å²) in [6.07, 6.45) is 2.28. The second kappa shape index (κ2) is 13.8. The smallest absolute Gasteiger partial charge is 0.00268 e.